The van der Waals surface area contributed by atoms with Gasteiger partial charge in [-0.3, -0.25) is 10.1 Å². The average molecular weight is 256 g/mol. The van der Waals surface area contributed by atoms with Crippen molar-refractivity contribution in [2.45, 2.75) is 31.7 Å². The van der Waals surface area contributed by atoms with Crippen LogP contribution in [0.5, 0.6) is 0 Å². The molecular weight excluding hydrogens is 240 g/mol. The summed E-state index contributed by atoms with van der Waals surface area (Å²) in [5.74, 6) is 0. The molecule has 0 N–H and O–H groups in total. The fourth-order valence-corrected chi connectivity index (χ4v) is 2.99. The molecule has 1 aliphatic carbocycles. The molecule has 0 amide bonds. The summed E-state index contributed by atoms with van der Waals surface area (Å²) < 4.78 is 2.29. The van der Waals surface area contributed by atoms with E-state index in [0.717, 1.165) is 17.1 Å². The van der Waals surface area contributed by atoms with Gasteiger partial charge in [-0.1, -0.05) is 31.0 Å². The molecule has 0 atom stereocenters. The van der Waals surface area contributed by atoms with Crippen molar-refractivity contribution in [3.05, 3.63) is 52.3 Å². The van der Waals surface area contributed by atoms with Gasteiger partial charge < -0.3 is 4.57 Å². The van der Waals surface area contributed by atoms with Gasteiger partial charge in [-0.25, -0.2) is 0 Å². The maximum atomic E-state index is 10.5. The molecule has 1 aliphatic rings. The Bertz CT molecular complexity index is 637. The number of fused-ring (bicyclic) bond motifs is 1. The summed E-state index contributed by atoms with van der Waals surface area (Å²) in [5.41, 5.74) is 2.11. The lowest BCUT2D eigenvalue weighted by atomic mass is 10.2. The first-order chi connectivity index (χ1) is 9.25. The number of nitro groups is 1. The largest absolute Gasteiger partial charge is 0.344 e. The number of para-hydroxylation sites is 1. The number of hydrogen-bond donors (Lipinski definition) is 0. The standard InChI is InChI=1S/C15H16N2O2/c18-17(19)10-9-12-11-16(13-5-1-2-6-13)15-8-4-3-7-14(12)15/h3-4,7-11,13H,1-2,5-6H2. The fraction of sp³-hybridized carbons (Fsp3) is 0.333. The van der Waals surface area contributed by atoms with E-state index in [1.165, 1.54) is 31.2 Å². The number of rotatable bonds is 3. The minimum absolute atomic E-state index is 0.415. The third-order valence-corrected chi connectivity index (χ3v) is 3.87. The monoisotopic (exact) mass is 256 g/mol. The molecule has 1 aromatic carbocycles. The summed E-state index contributed by atoms with van der Waals surface area (Å²) in [6.07, 6.45) is 9.62. The topological polar surface area (TPSA) is 48.1 Å². The van der Waals surface area contributed by atoms with Crippen LogP contribution in [0.15, 0.2) is 36.7 Å². The van der Waals surface area contributed by atoms with Crippen molar-refractivity contribution in [2.75, 3.05) is 0 Å². The van der Waals surface area contributed by atoms with E-state index in [2.05, 4.69) is 16.8 Å². The van der Waals surface area contributed by atoms with Gasteiger partial charge in [-0.2, -0.15) is 0 Å². The molecule has 0 radical (unpaired) electrons. The Morgan fingerprint density at radius 3 is 2.74 bits per heavy atom. The zero-order valence-electron chi connectivity index (χ0n) is 10.7. The summed E-state index contributed by atoms with van der Waals surface area (Å²) in [7, 11) is 0. The Balaban J connectivity index is 2.10. The van der Waals surface area contributed by atoms with Crippen LogP contribution >= 0.6 is 0 Å². The van der Waals surface area contributed by atoms with E-state index in [1.807, 2.05) is 18.2 Å². The molecule has 19 heavy (non-hydrogen) atoms. The van der Waals surface area contributed by atoms with Crippen LogP contribution in [0.4, 0.5) is 0 Å². The Morgan fingerprint density at radius 1 is 1.26 bits per heavy atom. The van der Waals surface area contributed by atoms with Crippen LogP contribution in [0, 0.1) is 10.1 Å². The van der Waals surface area contributed by atoms with E-state index in [1.54, 1.807) is 6.08 Å². The summed E-state index contributed by atoms with van der Waals surface area (Å²) in [6, 6.07) is 8.67. The zero-order chi connectivity index (χ0) is 13.2. The van der Waals surface area contributed by atoms with Crippen molar-refractivity contribution >= 4 is 17.0 Å². The molecule has 0 aliphatic heterocycles. The number of nitrogens with zero attached hydrogens (tertiary/aromatic N) is 2. The van der Waals surface area contributed by atoms with E-state index in [9.17, 15) is 10.1 Å². The quantitative estimate of drug-likeness (QED) is 0.615. The fourth-order valence-electron chi connectivity index (χ4n) is 2.99. The van der Waals surface area contributed by atoms with E-state index in [4.69, 9.17) is 0 Å². The lowest BCUT2D eigenvalue weighted by Crippen LogP contribution is -2.02. The Labute approximate surface area is 111 Å². The smallest absolute Gasteiger partial charge is 0.235 e. The van der Waals surface area contributed by atoms with Crippen molar-refractivity contribution in [3.63, 3.8) is 0 Å². The molecule has 4 heteroatoms. The highest BCUT2D eigenvalue weighted by molar-refractivity contribution is 5.89. The third-order valence-electron chi connectivity index (χ3n) is 3.87. The van der Waals surface area contributed by atoms with Gasteiger partial charge in [-0.05, 0) is 18.9 Å². The summed E-state index contributed by atoms with van der Waals surface area (Å²) in [6.45, 7) is 0. The van der Waals surface area contributed by atoms with Crippen molar-refractivity contribution in [1.29, 1.82) is 0 Å². The van der Waals surface area contributed by atoms with Gasteiger partial charge in [0.1, 0.15) is 0 Å². The van der Waals surface area contributed by atoms with Crippen LogP contribution in [0.1, 0.15) is 37.3 Å². The van der Waals surface area contributed by atoms with Gasteiger partial charge >= 0.3 is 0 Å². The van der Waals surface area contributed by atoms with E-state index < -0.39 is 4.92 Å². The van der Waals surface area contributed by atoms with Crippen LogP contribution in [0.3, 0.4) is 0 Å². The second-order valence-electron chi connectivity index (χ2n) is 5.05. The Kier molecular flexibility index (Phi) is 3.07. The molecule has 1 heterocycles. The first-order valence-corrected chi connectivity index (χ1v) is 6.67. The predicted octanol–water partition coefficient (Wildman–Crippen LogP) is 4.00. The van der Waals surface area contributed by atoms with Gasteiger partial charge in [0.05, 0.1) is 4.92 Å². The highest BCUT2D eigenvalue weighted by atomic mass is 16.6. The van der Waals surface area contributed by atoms with E-state index in [0.29, 0.717) is 6.04 Å². The number of hydrogen-bond acceptors (Lipinski definition) is 2. The molecule has 3 rings (SSSR count). The molecule has 4 nitrogen and oxygen atoms in total. The molecular formula is C15H16N2O2. The predicted molar refractivity (Wildman–Crippen MR) is 75.5 cm³/mol. The van der Waals surface area contributed by atoms with E-state index in [-0.39, 0.29) is 0 Å². The summed E-state index contributed by atoms with van der Waals surface area (Å²) in [5, 5.41) is 11.6. The third kappa shape index (κ3) is 2.26. The molecule has 0 bridgehead atoms. The minimum Gasteiger partial charge on any atom is -0.344 e. The normalized spacial score (nSPS) is 16.6. The van der Waals surface area contributed by atoms with Crippen molar-refractivity contribution in [1.82, 2.24) is 4.57 Å². The molecule has 98 valence electrons. The van der Waals surface area contributed by atoms with Crippen LogP contribution in [-0.2, 0) is 0 Å². The highest BCUT2D eigenvalue weighted by Crippen LogP contribution is 2.34. The molecule has 2 aromatic rings. The average Bonchev–Trinajstić information content (AvgIpc) is 3.03. The zero-order valence-corrected chi connectivity index (χ0v) is 10.7. The Hall–Kier alpha value is -2.10. The first-order valence-electron chi connectivity index (χ1n) is 6.67. The van der Waals surface area contributed by atoms with Crippen molar-refractivity contribution in [2.24, 2.45) is 0 Å². The number of aromatic nitrogens is 1. The van der Waals surface area contributed by atoms with Gasteiger partial charge in [0.15, 0.2) is 0 Å². The van der Waals surface area contributed by atoms with Gasteiger partial charge in [-0.15, -0.1) is 0 Å². The van der Waals surface area contributed by atoms with Crippen LogP contribution in [0.25, 0.3) is 17.0 Å². The summed E-state index contributed by atoms with van der Waals surface area (Å²) in [4.78, 5) is 10.1. The van der Waals surface area contributed by atoms with Gasteiger partial charge in [0.2, 0.25) is 6.20 Å². The summed E-state index contributed by atoms with van der Waals surface area (Å²) >= 11 is 0. The molecule has 1 fully saturated rings. The van der Waals surface area contributed by atoms with Gasteiger partial charge in [0, 0.05) is 34.8 Å². The molecule has 0 unspecified atom stereocenters. The molecule has 1 saturated carbocycles. The van der Waals surface area contributed by atoms with Gasteiger partial charge in [0.25, 0.3) is 0 Å². The molecule has 0 saturated heterocycles. The van der Waals surface area contributed by atoms with Crippen molar-refractivity contribution < 1.29 is 4.92 Å². The minimum atomic E-state index is -0.415. The second kappa shape index (κ2) is 4.88. The number of benzene rings is 1. The lowest BCUT2D eigenvalue weighted by molar-refractivity contribution is -0.400. The second-order valence-corrected chi connectivity index (χ2v) is 5.05. The van der Waals surface area contributed by atoms with E-state index >= 15 is 0 Å². The maximum Gasteiger partial charge on any atom is 0.235 e. The highest BCUT2D eigenvalue weighted by Gasteiger charge is 2.19. The van der Waals surface area contributed by atoms with Crippen LogP contribution in [0.2, 0.25) is 0 Å². The maximum absolute atomic E-state index is 10.5. The van der Waals surface area contributed by atoms with Crippen LogP contribution in [-0.4, -0.2) is 9.49 Å². The molecule has 1 aromatic heterocycles. The van der Waals surface area contributed by atoms with Crippen molar-refractivity contribution in [3.8, 4) is 0 Å². The Morgan fingerprint density at radius 2 is 2.00 bits per heavy atom. The SMILES string of the molecule is O=[N+]([O-])C=Cc1cn(C2CCCC2)c2ccccc12. The first kappa shape index (κ1) is 12.0. The van der Waals surface area contributed by atoms with Crippen LogP contribution < -0.4 is 0 Å². The molecule has 0 spiro atoms. The lowest BCUT2D eigenvalue weighted by Gasteiger charge is -2.12.